The van der Waals surface area contributed by atoms with E-state index in [4.69, 9.17) is 16.6 Å². The fourth-order valence-corrected chi connectivity index (χ4v) is 9.21. The largest absolute Gasteiger partial charge is 0.382 e. The Bertz CT molecular complexity index is 2220. The molecule has 5 aliphatic rings. The van der Waals surface area contributed by atoms with Crippen LogP contribution in [0.15, 0.2) is 71.7 Å². The van der Waals surface area contributed by atoms with Gasteiger partial charge in [-0.1, -0.05) is 36.7 Å². The van der Waals surface area contributed by atoms with Gasteiger partial charge in [0.1, 0.15) is 17.7 Å². The second kappa shape index (κ2) is 16.1. The molecular formula is C43H45ClF3N7O4. The first-order valence-electron chi connectivity index (χ1n) is 19.8. The monoisotopic (exact) mass is 815 g/mol. The predicted octanol–water partition coefficient (Wildman–Crippen LogP) is 7.28. The van der Waals surface area contributed by atoms with Gasteiger partial charge in [-0.2, -0.15) is 0 Å². The Morgan fingerprint density at radius 2 is 1.83 bits per heavy atom. The van der Waals surface area contributed by atoms with Gasteiger partial charge in [0.2, 0.25) is 17.7 Å². The normalized spacial score (nSPS) is 25.4. The third-order valence-electron chi connectivity index (χ3n) is 12.1. The lowest BCUT2D eigenvalue weighted by atomic mass is 9.80. The molecule has 1 aliphatic carbocycles. The Balaban J connectivity index is 0.971. The molecular weight excluding hydrogens is 771 g/mol. The van der Waals surface area contributed by atoms with Crippen molar-refractivity contribution in [2.75, 3.05) is 35.2 Å². The minimum Gasteiger partial charge on any atom is -0.382 e. The highest BCUT2D eigenvalue weighted by Gasteiger charge is 2.41. The summed E-state index contributed by atoms with van der Waals surface area (Å²) in [5.74, 6) is -1.35. The summed E-state index contributed by atoms with van der Waals surface area (Å²) >= 11 is 6.42. The number of rotatable bonds is 7. The van der Waals surface area contributed by atoms with Gasteiger partial charge in [0.15, 0.2) is 0 Å². The maximum absolute atomic E-state index is 14.5. The molecule has 5 atom stereocenters. The van der Waals surface area contributed by atoms with Crippen molar-refractivity contribution in [3.05, 3.63) is 94.3 Å². The molecule has 304 valence electrons. The second-order valence-electron chi connectivity index (χ2n) is 16.0. The van der Waals surface area contributed by atoms with Gasteiger partial charge in [-0.25, -0.2) is 13.2 Å². The molecule has 3 N–H and O–H groups in total. The zero-order chi connectivity index (χ0) is 40.8. The molecule has 3 aromatic carbocycles. The number of nitrogens with zero attached hydrogens (tertiary/aromatic N) is 4. The van der Waals surface area contributed by atoms with Crippen LogP contribution in [-0.4, -0.2) is 83.4 Å². The SMILES string of the molecule is C=C1CC(C(=O)N2CCC(N=C3Nc4cc(F)ccc4N(CC(F)F)c4ccc(Cl)cc43)C2)CCC(Nc2cccc3c2CN(C2CCC(=O)NC2=O)C3=O)C[C@@H]1C. The highest BCUT2D eigenvalue weighted by atomic mass is 35.5. The van der Waals surface area contributed by atoms with Crippen molar-refractivity contribution >= 4 is 63.8 Å². The number of piperidine rings is 1. The Morgan fingerprint density at radius 3 is 2.62 bits per heavy atom. The van der Waals surface area contributed by atoms with E-state index < -0.39 is 30.7 Å². The molecule has 0 aromatic heterocycles. The molecule has 0 spiro atoms. The van der Waals surface area contributed by atoms with Crippen LogP contribution in [-0.2, 0) is 20.9 Å². The number of carbonyl (C=O) groups is 4. The average molecular weight is 816 g/mol. The summed E-state index contributed by atoms with van der Waals surface area (Å²) in [7, 11) is 0. The van der Waals surface area contributed by atoms with Crippen molar-refractivity contribution in [2.45, 2.75) is 83.0 Å². The van der Waals surface area contributed by atoms with Crippen molar-refractivity contribution in [1.82, 2.24) is 15.1 Å². The molecule has 2 saturated heterocycles. The number of imide groups is 1. The van der Waals surface area contributed by atoms with Gasteiger partial charge in [0.05, 0.1) is 29.6 Å². The minimum absolute atomic E-state index is 0.0168. The van der Waals surface area contributed by atoms with E-state index in [0.717, 1.165) is 23.2 Å². The molecule has 0 radical (unpaired) electrons. The molecule has 4 unspecified atom stereocenters. The first kappa shape index (κ1) is 39.5. The molecule has 0 bridgehead atoms. The van der Waals surface area contributed by atoms with Gasteiger partial charge >= 0.3 is 0 Å². The van der Waals surface area contributed by atoms with Crippen molar-refractivity contribution in [1.29, 1.82) is 0 Å². The molecule has 15 heteroatoms. The van der Waals surface area contributed by atoms with Crippen LogP contribution < -0.4 is 20.9 Å². The zero-order valence-electron chi connectivity index (χ0n) is 32.1. The Morgan fingerprint density at radius 1 is 1.02 bits per heavy atom. The quantitative estimate of drug-likeness (QED) is 0.169. The van der Waals surface area contributed by atoms with E-state index in [1.807, 2.05) is 17.0 Å². The number of benzene rings is 3. The number of hydrogen-bond acceptors (Lipinski definition) is 7. The number of anilines is 4. The lowest BCUT2D eigenvalue weighted by Crippen LogP contribution is -2.52. The number of carbonyl (C=O) groups excluding carboxylic acids is 4. The molecule has 1 saturated carbocycles. The van der Waals surface area contributed by atoms with Gasteiger partial charge in [0.25, 0.3) is 12.3 Å². The molecule has 3 aromatic rings. The molecule has 4 heterocycles. The molecule has 8 rings (SSSR count). The number of alkyl halides is 2. The highest BCUT2D eigenvalue weighted by Crippen LogP contribution is 2.41. The summed E-state index contributed by atoms with van der Waals surface area (Å²) in [6.07, 6.45) is 1.04. The number of nitrogens with one attached hydrogen (secondary N) is 3. The third-order valence-corrected chi connectivity index (χ3v) is 12.3. The maximum Gasteiger partial charge on any atom is 0.256 e. The number of aliphatic imine (C=N–C) groups is 1. The van der Waals surface area contributed by atoms with Crippen molar-refractivity contribution in [3.8, 4) is 0 Å². The average Bonchev–Trinajstić information content (AvgIpc) is 3.76. The fraction of sp³-hybridized carbons (Fsp3) is 0.419. The number of allylic oxidation sites excluding steroid dienone is 1. The summed E-state index contributed by atoms with van der Waals surface area (Å²) in [6.45, 7) is 6.98. The number of amidine groups is 1. The molecule has 4 aliphatic heterocycles. The van der Waals surface area contributed by atoms with Gasteiger partial charge in [-0.3, -0.25) is 29.5 Å². The van der Waals surface area contributed by atoms with Gasteiger partial charge < -0.3 is 25.3 Å². The van der Waals surface area contributed by atoms with Crippen molar-refractivity contribution in [3.63, 3.8) is 0 Å². The Hall–Kier alpha value is -5.37. The molecule has 11 nitrogen and oxygen atoms in total. The van der Waals surface area contributed by atoms with Gasteiger partial charge in [-0.15, -0.1) is 0 Å². The van der Waals surface area contributed by atoms with E-state index in [1.54, 1.807) is 29.2 Å². The van der Waals surface area contributed by atoms with Gasteiger partial charge in [0, 0.05) is 65.4 Å². The summed E-state index contributed by atoms with van der Waals surface area (Å²) in [5.41, 5.74) is 4.77. The smallest absolute Gasteiger partial charge is 0.256 e. The van der Waals surface area contributed by atoms with Crippen LogP contribution in [0.2, 0.25) is 5.02 Å². The summed E-state index contributed by atoms with van der Waals surface area (Å²) in [5, 5.41) is 9.63. The summed E-state index contributed by atoms with van der Waals surface area (Å²) < 4.78 is 42.3. The Labute approximate surface area is 339 Å². The second-order valence-corrected chi connectivity index (χ2v) is 16.4. The first-order valence-corrected chi connectivity index (χ1v) is 20.2. The summed E-state index contributed by atoms with van der Waals surface area (Å²) in [4.78, 5) is 62.0. The lowest BCUT2D eigenvalue weighted by molar-refractivity contribution is -0.137. The predicted molar refractivity (Wildman–Crippen MR) is 216 cm³/mol. The Kier molecular flexibility index (Phi) is 11.0. The van der Waals surface area contributed by atoms with E-state index in [2.05, 4.69) is 29.5 Å². The maximum atomic E-state index is 14.5. The third kappa shape index (κ3) is 7.90. The number of hydrogen-bond donors (Lipinski definition) is 3. The van der Waals surface area contributed by atoms with E-state index in [0.29, 0.717) is 77.8 Å². The first-order chi connectivity index (χ1) is 27.8. The topological polar surface area (TPSA) is 126 Å². The lowest BCUT2D eigenvalue weighted by Gasteiger charge is -2.32. The molecule has 58 heavy (non-hydrogen) atoms. The number of likely N-dealkylation sites (tertiary alicyclic amines) is 1. The van der Waals surface area contributed by atoms with Crippen LogP contribution >= 0.6 is 11.6 Å². The van der Waals surface area contributed by atoms with Crippen LogP contribution in [0.25, 0.3) is 0 Å². The fourth-order valence-electron chi connectivity index (χ4n) is 9.04. The van der Waals surface area contributed by atoms with Crippen LogP contribution in [0.1, 0.15) is 73.4 Å². The van der Waals surface area contributed by atoms with Crippen LogP contribution in [0.4, 0.5) is 35.9 Å². The van der Waals surface area contributed by atoms with Crippen LogP contribution in [0.3, 0.4) is 0 Å². The van der Waals surface area contributed by atoms with E-state index in [-0.39, 0.29) is 61.0 Å². The van der Waals surface area contributed by atoms with Crippen LogP contribution in [0, 0.1) is 17.7 Å². The zero-order valence-corrected chi connectivity index (χ0v) is 32.8. The molecule has 4 amide bonds. The number of amides is 4. The number of halogens is 4. The van der Waals surface area contributed by atoms with E-state index in [1.165, 1.54) is 23.1 Å². The van der Waals surface area contributed by atoms with E-state index in [9.17, 15) is 32.3 Å². The minimum atomic E-state index is -2.67. The molecule has 3 fully saturated rings. The van der Waals surface area contributed by atoms with Gasteiger partial charge in [-0.05, 0) is 93.0 Å². The van der Waals surface area contributed by atoms with Crippen molar-refractivity contribution < 1.29 is 32.3 Å². The van der Waals surface area contributed by atoms with Crippen molar-refractivity contribution in [2.24, 2.45) is 16.8 Å². The van der Waals surface area contributed by atoms with E-state index >= 15 is 0 Å². The highest BCUT2D eigenvalue weighted by molar-refractivity contribution is 6.31. The number of fused-ring (bicyclic) bond motifs is 3. The van der Waals surface area contributed by atoms with Crippen LogP contribution in [0.5, 0.6) is 0 Å². The summed E-state index contributed by atoms with van der Waals surface area (Å²) in [6, 6.07) is 13.4. The standard InChI is InChI=1S/C43H45ClF3N7O4/c1-23-16-25(6-9-28(17-24(23)2)48-33-5-3-4-30-32(33)21-54(43(30)58)37-12-13-39(55)51-41(37)56)42(57)52-15-14-29(20-52)49-40-31-18-26(44)7-10-35(31)53(22-38(46)47)36-11-8-27(45)19-34(36)50-40/h3-5,7-8,10-11,18-19,24-25,28-29,37-38,48H,1,6,9,12-17,20-22H2,2H3,(H,49,50)(H,51,55,56)/t24-,25?,28?,29?,37?/m0/s1.